The van der Waals surface area contributed by atoms with Gasteiger partial charge in [0.05, 0.1) is 12.6 Å². The Labute approximate surface area is 133 Å². The zero-order valence-corrected chi connectivity index (χ0v) is 13.9. The van der Waals surface area contributed by atoms with Gasteiger partial charge in [0, 0.05) is 13.2 Å². The number of amides is 1. The minimum atomic E-state index is -0.436. The molecule has 0 aromatic heterocycles. The third-order valence-corrected chi connectivity index (χ3v) is 3.10. The Morgan fingerprint density at radius 3 is 2.48 bits per heavy atom. The van der Waals surface area contributed by atoms with Crippen LogP contribution in [-0.4, -0.2) is 18.6 Å². The lowest BCUT2D eigenvalue weighted by atomic mass is 10.0. The molecule has 1 atom stereocenters. The van der Waals surface area contributed by atoms with Crippen molar-refractivity contribution in [1.29, 1.82) is 0 Å². The van der Waals surface area contributed by atoms with Crippen LogP contribution in [0.15, 0.2) is 24.3 Å². The van der Waals surface area contributed by atoms with Gasteiger partial charge in [-0.05, 0) is 30.4 Å². The molecule has 1 rings (SSSR count). The van der Waals surface area contributed by atoms with Crippen LogP contribution < -0.4 is 11.1 Å². The standard InChI is InChI=1S/C16H26N2O2.ClH/c1-4-20-11-14-8-6-5-7-13(14)10-18-16(19)15(17)9-12(2)3;/h5-8,12,15H,4,9-11,17H2,1-3H3,(H,18,19);1H/t15-;/m0./s1. The molecule has 3 N–H and O–H groups in total. The number of benzene rings is 1. The summed E-state index contributed by atoms with van der Waals surface area (Å²) < 4.78 is 5.43. The number of carbonyl (C=O) groups is 1. The summed E-state index contributed by atoms with van der Waals surface area (Å²) in [5, 5.41) is 2.90. The van der Waals surface area contributed by atoms with Gasteiger partial charge in [-0.25, -0.2) is 0 Å². The van der Waals surface area contributed by atoms with E-state index in [1.54, 1.807) is 0 Å². The number of nitrogens with two attached hydrogens (primary N) is 1. The molecule has 5 heteroatoms. The first-order valence-corrected chi connectivity index (χ1v) is 7.22. The van der Waals surface area contributed by atoms with Crippen LogP contribution in [0.4, 0.5) is 0 Å². The van der Waals surface area contributed by atoms with E-state index in [1.165, 1.54) is 0 Å². The van der Waals surface area contributed by atoms with Crippen LogP contribution in [0.25, 0.3) is 0 Å². The highest BCUT2D eigenvalue weighted by atomic mass is 35.5. The van der Waals surface area contributed by atoms with Gasteiger partial charge in [0.25, 0.3) is 0 Å². The van der Waals surface area contributed by atoms with Gasteiger partial charge >= 0.3 is 0 Å². The highest BCUT2D eigenvalue weighted by molar-refractivity contribution is 5.85. The van der Waals surface area contributed by atoms with Gasteiger partial charge in [-0.1, -0.05) is 38.1 Å². The van der Waals surface area contributed by atoms with Crippen LogP contribution in [0, 0.1) is 5.92 Å². The predicted molar refractivity (Wildman–Crippen MR) is 88.3 cm³/mol. The second-order valence-electron chi connectivity index (χ2n) is 5.36. The van der Waals surface area contributed by atoms with Gasteiger partial charge in [0.1, 0.15) is 0 Å². The zero-order chi connectivity index (χ0) is 15.0. The summed E-state index contributed by atoms with van der Waals surface area (Å²) in [7, 11) is 0. The molecule has 1 aromatic carbocycles. The van der Waals surface area contributed by atoms with Crippen LogP contribution >= 0.6 is 12.4 Å². The summed E-state index contributed by atoms with van der Waals surface area (Å²) in [5.74, 6) is 0.325. The Hall–Kier alpha value is -1.10. The summed E-state index contributed by atoms with van der Waals surface area (Å²) in [6, 6.07) is 7.53. The van der Waals surface area contributed by atoms with Crippen LogP contribution in [0.2, 0.25) is 0 Å². The third-order valence-electron chi connectivity index (χ3n) is 3.10. The molecule has 0 aliphatic rings. The van der Waals surface area contributed by atoms with Crippen molar-refractivity contribution >= 4 is 18.3 Å². The molecule has 0 aliphatic carbocycles. The first kappa shape index (κ1) is 19.9. The largest absolute Gasteiger partial charge is 0.377 e. The Kier molecular flexibility index (Phi) is 10.0. The van der Waals surface area contributed by atoms with E-state index < -0.39 is 6.04 Å². The van der Waals surface area contributed by atoms with E-state index in [4.69, 9.17) is 10.5 Å². The van der Waals surface area contributed by atoms with Crippen molar-refractivity contribution in [3.8, 4) is 0 Å². The Balaban J connectivity index is 0.00000400. The Bertz CT molecular complexity index is 424. The molecule has 0 spiro atoms. The van der Waals surface area contributed by atoms with Crippen LogP contribution in [0.5, 0.6) is 0 Å². The molecule has 0 saturated carbocycles. The fourth-order valence-corrected chi connectivity index (χ4v) is 2.01. The fourth-order valence-electron chi connectivity index (χ4n) is 2.01. The van der Waals surface area contributed by atoms with Gasteiger partial charge in [0.15, 0.2) is 0 Å². The molecule has 1 amide bonds. The predicted octanol–water partition coefficient (Wildman–Crippen LogP) is 2.63. The second-order valence-corrected chi connectivity index (χ2v) is 5.36. The number of nitrogens with one attached hydrogen (secondary N) is 1. The first-order chi connectivity index (χ1) is 9.54. The molecule has 120 valence electrons. The molecule has 0 fully saturated rings. The van der Waals surface area contributed by atoms with E-state index >= 15 is 0 Å². The van der Waals surface area contributed by atoms with Gasteiger partial charge in [-0.15, -0.1) is 12.4 Å². The highest BCUT2D eigenvalue weighted by Gasteiger charge is 2.14. The Morgan fingerprint density at radius 2 is 1.90 bits per heavy atom. The average molecular weight is 315 g/mol. The molecule has 21 heavy (non-hydrogen) atoms. The van der Waals surface area contributed by atoms with Gasteiger partial charge in [-0.3, -0.25) is 4.79 Å². The quantitative estimate of drug-likeness (QED) is 0.775. The van der Waals surface area contributed by atoms with Crippen LogP contribution in [-0.2, 0) is 22.7 Å². The van der Waals surface area contributed by atoms with Crippen LogP contribution in [0.1, 0.15) is 38.3 Å². The SMILES string of the molecule is CCOCc1ccccc1CNC(=O)[C@@H](N)CC(C)C.Cl. The zero-order valence-electron chi connectivity index (χ0n) is 13.1. The molecule has 0 radical (unpaired) electrons. The van der Waals surface area contributed by atoms with Crippen molar-refractivity contribution in [2.24, 2.45) is 11.7 Å². The maximum absolute atomic E-state index is 11.9. The normalized spacial score (nSPS) is 11.9. The molecule has 0 saturated heterocycles. The van der Waals surface area contributed by atoms with Gasteiger partial charge in [-0.2, -0.15) is 0 Å². The lowest BCUT2D eigenvalue weighted by molar-refractivity contribution is -0.122. The van der Waals surface area contributed by atoms with Crippen molar-refractivity contribution in [1.82, 2.24) is 5.32 Å². The van der Waals surface area contributed by atoms with E-state index in [0.717, 1.165) is 11.1 Å². The van der Waals surface area contributed by atoms with Crippen molar-refractivity contribution in [2.45, 2.75) is 46.4 Å². The minimum Gasteiger partial charge on any atom is -0.377 e. The maximum atomic E-state index is 11.9. The monoisotopic (exact) mass is 314 g/mol. The maximum Gasteiger partial charge on any atom is 0.237 e. The summed E-state index contributed by atoms with van der Waals surface area (Å²) in [6.07, 6.45) is 0.701. The number of rotatable bonds is 8. The van der Waals surface area contributed by atoms with E-state index in [1.807, 2.05) is 31.2 Å². The van der Waals surface area contributed by atoms with Crippen molar-refractivity contribution < 1.29 is 9.53 Å². The van der Waals surface area contributed by atoms with Gasteiger partial charge < -0.3 is 15.8 Å². The van der Waals surface area contributed by atoms with Crippen LogP contribution in [0.3, 0.4) is 0 Å². The third kappa shape index (κ3) is 7.46. The number of carbonyl (C=O) groups excluding carboxylic acids is 1. The van der Waals surface area contributed by atoms with E-state index in [2.05, 4.69) is 19.2 Å². The van der Waals surface area contributed by atoms with Crippen molar-refractivity contribution in [3.05, 3.63) is 35.4 Å². The summed E-state index contributed by atoms with van der Waals surface area (Å²) in [4.78, 5) is 11.9. The molecule has 0 bridgehead atoms. The van der Waals surface area contributed by atoms with E-state index in [9.17, 15) is 4.79 Å². The minimum absolute atomic E-state index is 0. The Morgan fingerprint density at radius 1 is 1.29 bits per heavy atom. The number of halogens is 1. The highest BCUT2D eigenvalue weighted by Crippen LogP contribution is 2.10. The lowest BCUT2D eigenvalue weighted by Crippen LogP contribution is -2.41. The summed E-state index contributed by atoms with van der Waals surface area (Å²) >= 11 is 0. The molecule has 4 nitrogen and oxygen atoms in total. The number of hydrogen-bond acceptors (Lipinski definition) is 3. The van der Waals surface area contributed by atoms with Gasteiger partial charge in [0.2, 0.25) is 5.91 Å². The first-order valence-electron chi connectivity index (χ1n) is 7.22. The molecule has 0 aliphatic heterocycles. The lowest BCUT2D eigenvalue weighted by Gasteiger charge is -2.15. The van der Waals surface area contributed by atoms with Crippen molar-refractivity contribution in [2.75, 3.05) is 6.61 Å². The number of ether oxygens (including phenoxy) is 1. The second kappa shape index (κ2) is 10.6. The molecule has 1 aromatic rings. The molecular formula is C16H27ClN2O2. The molecular weight excluding hydrogens is 288 g/mol. The fraction of sp³-hybridized carbons (Fsp3) is 0.562. The number of hydrogen-bond donors (Lipinski definition) is 2. The topological polar surface area (TPSA) is 64.3 Å². The molecule has 0 unspecified atom stereocenters. The van der Waals surface area contributed by atoms with E-state index in [0.29, 0.717) is 32.1 Å². The summed E-state index contributed by atoms with van der Waals surface area (Å²) in [5.41, 5.74) is 8.04. The molecule has 0 heterocycles. The average Bonchev–Trinajstić information content (AvgIpc) is 2.42. The summed E-state index contributed by atoms with van der Waals surface area (Å²) in [6.45, 7) is 7.83. The van der Waals surface area contributed by atoms with E-state index in [-0.39, 0.29) is 18.3 Å². The smallest absolute Gasteiger partial charge is 0.237 e. The van der Waals surface area contributed by atoms with Crippen molar-refractivity contribution in [3.63, 3.8) is 0 Å².